The Balaban J connectivity index is 1.57. The molecule has 12 heteroatoms. The smallest absolute Gasteiger partial charge is 0.253 e. The van der Waals surface area contributed by atoms with Gasteiger partial charge in [-0.15, -0.1) is 11.3 Å². The number of hydrogen-bond acceptors (Lipinski definition) is 8. The van der Waals surface area contributed by atoms with Crippen LogP contribution in [0.15, 0.2) is 44.8 Å². The third-order valence-electron chi connectivity index (χ3n) is 4.58. The second-order valence-electron chi connectivity index (χ2n) is 6.62. The van der Waals surface area contributed by atoms with Crippen LogP contribution in [0.4, 0.5) is 5.13 Å². The van der Waals surface area contributed by atoms with Crippen molar-refractivity contribution in [2.24, 2.45) is 0 Å². The number of nitrogens with one attached hydrogen (secondary N) is 1. The van der Waals surface area contributed by atoms with E-state index < -0.39 is 31.8 Å². The first-order chi connectivity index (χ1) is 13.7. The zero-order valence-corrected chi connectivity index (χ0v) is 18.5. The fraction of sp³-hybridized carbons (Fsp3) is 0.294. The molecule has 3 aromatic rings. The number of aromatic nitrogens is 1. The second kappa shape index (κ2) is 7.43. The molecule has 3 heterocycles. The minimum atomic E-state index is -3.72. The molecule has 1 aliphatic rings. The summed E-state index contributed by atoms with van der Waals surface area (Å²) in [5, 5.41) is 4.68. The van der Waals surface area contributed by atoms with E-state index in [1.165, 1.54) is 22.5 Å². The molecule has 0 spiro atoms. The Hall–Kier alpha value is -1.86. The number of thiophene rings is 1. The summed E-state index contributed by atoms with van der Waals surface area (Å²) in [6, 6.07) is 6.95. The van der Waals surface area contributed by atoms with Gasteiger partial charge in [0.1, 0.15) is 10.3 Å². The van der Waals surface area contributed by atoms with Crippen LogP contribution in [0.2, 0.25) is 0 Å². The maximum absolute atomic E-state index is 12.8. The van der Waals surface area contributed by atoms with Crippen LogP contribution in [0.1, 0.15) is 12.8 Å². The van der Waals surface area contributed by atoms with Crippen molar-refractivity contribution in [3.05, 3.63) is 35.7 Å². The summed E-state index contributed by atoms with van der Waals surface area (Å²) in [5.41, 5.74) is 0.562. The monoisotopic (exact) mass is 471 g/mol. The molecule has 154 valence electrons. The van der Waals surface area contributed by atoms with Gasteiger partial charge in [0.2, 0.25) is 5.91 Å². The lowest BCUT2D eigenvalue weighted by atomic mass is 10.2. The maximum Gasteiger partial charge on any atom is 0.253 e. The predicted octanol–water partition coefficient (Wildman–Crippen LogP) is 2.55. The Bertz CT molecular complexity index is 1280. The Labute approximate surface area is 176 Å². The first-order valence-electron chi connectivity index (χ1n) is 8.63. The zero-order chi connectivity index (χ0) is 20.8. The van der Waals surface area contributed by atoms with Gasteiger partial charge >= 0.3 is 0 Å². The van der Waals surface area contributed by atoms with E-state index in [2.05, 4.69) is 10.3 Å². The number of sulfone groups is 1. The molecule has 8 nitrogen and oxygen atoms in total. The Morgan fingerprint density at radius 2 is 2.03 bits per heavy atom. The third-order valence-corrected chi connectivity index (χ3v) is 9.91. The van der Waals surface area contributed by atoms with Crippen LogP contribution in [-0.4, -0.2) is 50.9 Å². The van der Waals surface area contributed by atoms with Crippen LogP contribution < -0.4 is 5.32 Å². The van der Waals surface area contributed by atoms with Gasteiger partial charge in [0.05, 0.1) is 15.1 Å². The molecule has 1 unspecified atom stereocenters. The average molecular weight is 472 g/mol. The lowest BCUT2D eigenvalue weighted by molar-refractivity contribution is -0.119. The van der Waals surface area contributed by atoms with E-state index in [1.54, 1.807) is 17.5 Å². The minimum Gasteiger partial charge on any atom is -0.301 e. The summed E-state index contributed by atoms with van der Waals surface area (Å²) >= 11 is 2.27. The van der Waals surface area contributed by atoms with Crippen LogP contribution in [0.25, 0.3) is 10.2 Å². The van der Waals surface area contributed by atoms with Gasteiger partial charge in [-0.25, -0.2) is 21.8 Å². The van der Waals surface area contributed by atoms with Gasteiger partial charge in [0.15, 0.2) is 15.0 Å². The van der Waals surface area contributed by atoms with E-state index in [0.29, 0.717) is 28.2 Å². The Morgan fingerprint density at radius 3 is 2.72 bits per heavy atom. The topological polar surface area (TPSA) is 114 Å². The molecule has 1 amide bonds. The molecular formula is C17H17N3O5S4. The second-order valence-corrected chi connectivity index (χ2v) is 12.7. The van der Waals surface area contributed by atoms with Gasteiger partial charge in [-0.3, -0.25) is 4.79 Å². The molecule has 1 N–H and O–H groups in total. The Kier molecular flexibility index (Phi) is 5.23. The molecule has 2 aromatic heterocycles. The van der Waals surface area contributed by atoms with Gasteiger partial charge in [-0.05, 0) is 42.5 Å². The SMILES string of the molecule is CS(=O)(=O)c1ccc2nc(NC(=O)C3CCCN3S(=O)(=O)c3cccs3)sc2c1. The summed E-state index contributed by atoms with van der Waals surface area (Å²) in [6.45, 7) is 0.288. The predicted molar refractivity (Wildman–Crippen MR) is 113 cm³/mol. The largest absolute Gasteiger partial charge is 0.301 e. The summed E-state index contributed by atoms with van der Waals surface area (Å²) in [5.74, 6) is -0.440. The van der Waals surface area contributed by atoms with Gasteiger partial charge in [0, 0.05) is 12.8 Å². The maximum atomic E-state index is 12.8. The van der Waals surface area contributed by atoms with Crippen molar-refractivity contribution >= 4 is 63.8 Å². The fourth-order valence-corrected chi connectivity index (χ4v) is 7.60. The molecule has 29 heavy (non-hydrogen) atoms. The molecule has 1 fully saturated rings. The normalized spacial score (nSPS) is 18.3. The van der Waals surface area contributed by atoms with Crippen LogP contribution in [0.3, 0.4) is 0 Å². The van der Waals surface area contributed by atoms with Gasteiger partial charge in [0.25, 0.3) is 10.0 Å². The number of sulfonamides is 1. The highest BCUT2D eigenvalue weighted by Gasteiger charge is 2.40. The van der Waals surface area contributed by atoms with E-state index >= 15 is 0 Å². The standard InChI is InChI=1S/C17H17N3O5S4/c1-28(22,23)11-6-7-12-14(10-11)27-17(18-12)19-16(21)13-4-2-8-20(13)29(24,25)15-5-3-9-26-15/h3,5-7,9-10,13H,2,4,8H2,1H3,(H,18,19,21). The number of nitrogens with zero attached hydrogens (tertiary/aromatic N) is 2. The first-order valence-corrected chi connectivity index (χ1v) is 13.7. The fourth-order valence-electron chi connectivity index (χ4n) is 3.19. The average Bonchev–Trinajstić information content (AvgIpc) is 3.39. The number of benzene rings is 1. The third kappa shape index (κ3) is 3.94. The zero-order valence-electron chi connectivity index (χ0n) is 15.2. The molecule has 1 atom stereocenters. The van der Waals surface area contributed by atoms with E-state index in [4.69, 9.17) is 0 Å². The molecule has 0 aliphatic carbocycles. The number of amides is 1. The summed E-state index contributed by atoms with van der Waals surface area (Å²) in [7, 11) is -7.07. The number of carbonyl (C=O) groups is 1. The highest BCUT2D eigenvalue weighted by molar-refractivity contribution is 7.91. The van der Waals surface area contributed by atoms with Crippen LogP contribution >= 0.6 is 22.7 Å². The minimum absolute atomic E-state index is 0.176. The van der Waals surface area contributed by atoms with Crippen molar-refractivity contribution in [2.45, 2.75) is 28.0 Å². The molecule has 0 saturated carbocycles. The number of carbonyl (C=O) groups excluding carboxylic acids is 1. The van der Waals surface area contributed by atoms with Gasteiger partial charge in [-0.2, -0.15) is 4.31 Å². The highest BCUT2D eigenvalue weighted by Crippen LogP contribution is 2.31. The highest BCUT2D eigenvalue weighted by atomic mass is 32.2. The van der Waals surface area contributed by atoms with Crippen molar-refractivity contribution < 1.29 is 21.6 Å². The van der Waals surface area contributed by atoms with E-state index in [1.807, 2.05) is 0 Å². The molecule has 1 aliphatic heterocycles. The van der Waals surface area contributed by atoms with Crippen LogP contribution in [-0.2, 0) is 24.7 Å². The molecule has 1 saturated heterocycles. The lowest BCUT2D eigenvalue weighted by Crippen LogP contribution is -2.42. The number of rotatable bonds is 5. The van der Waals surface area contributed by atoms with E-state index in [9.17, 15) is 21.6 Å². The number of anilines is 1. The number of thiazole rings is 1. The van der Waals surface area contributed by atoms with Crippen molar-refractivity contribution in [1.82, 2.24) is 9.29 Å². The molecule has 0 bridgehead atoms. The molecule has 0 radical (unpaired) electrons. The number of fused-ring (bicyclic) bond motifs is 1. The molecule has 1 aromatic carbocycles. The van der Waals surface area contributed by atoms with E-state index in [0.717, 1.165) is 28.9 Å². The summed E-state index contributed by atoms with van der Waals surface area (Å²) in [4.78, 5) is 17.3. The molecule has 4 rings (SSSR count). The van der Waals surface area contributed by atoms with Crippen molar-refractivity contribution in [3.63, 3.8) is 0 Å². The Morgan fingerprint density at radius 1 is 1.24 bits per heavy atom. The molecular weight excluding hydrogens is 454 g/mol. The van der Waals surface area contributed by atoms with Crippen LogP contribution in [0.5, 0.6) is 0 Å². The van der Waals surface area contributed by atoms with Crippen molar-refractivity contribution in [2.75, 3.05) is 18.1 Å². The quantitative estimate of drug-likeness (QED) is 0.612. The first kappa shape index (κ1) is 20.4. The van der Waals surface area contributed by atoms with Gasteiger partial charge in [-0.1, -0.05) is 17.4 Å². The number of hydrogen-bond donors (Lipinski definition) is 1. The van der Waals surface area contributed by atoms with Crippen LogP contribution in [0, 0.1) is 0 Å². The van der Waals surface area contributed by atoms with E-state index in [-0.39, 0.29) is 15.6 Å². The summed E-state index contributed by atoms with van der Waals surface area (Å²) in [6.07, 6.45) is 2.15. The van der Waals surface area contributed by atoms with Gasteiger partial charge < -0.3 is 5.32 Å². The van der Waals surface area contributed by atoms with Crippen molar-refractivity contribution in [1.29, 1.82) is 0 Å². The lowest BCUT2D eigenvalue weighted by Gasteiger charge is -2.22. The summed E-state index contributed by atoms with van der Waals surface area (Å²) < 4.78 is 51.2. The van der Waals surface area contributed by atoms with Crippen molar-refractivity contribution in [3.8, 4) is 0 Å².